The van der Waals surface area contributed by atoms with Crippen molar-refractivity contribution in [1.29, 1.82) is 0 Å². The molecule has 0 atom stereocenters. The average molecular weight is 559 g/mol. The van der Waals surface area contributed by atoms with Gasteiger partial charge in [-0.15, -0.1) is 27.1 Å². The number of rotatable bonds is 6. The van der Waals surface area contributed by atoms with Crippen LogP contribution in [0.4, 0.5) is 0 Å². The number of hydrogen-bond donors (Lipinski definition) is 0. The topological polar surface area (TPSA) is 107 Å². The van der Waals surface area contributed by atoms with Gasteiger partial charge in [0.1, 0.15) is 0 Å². The summed E-state index contributed by atoms with van der Waals surface area (Å²) in [5, 5.41) is 0. The Hall–Kier alpha value is 1.31. The van der Waals surface area contributed by atoms with Crippen molar-refractivity contribution in [2.45, 2.75) is 0 Å². The average Bonchev–Trinajstić information content (AvgIpc) is 3.20. The van der Waals surface area contributed by atoms with Gasteiger partial charge in [0.2, 0.25) is 0 Å². The first kappa shape index (κ1) is 37.1. The minimum atomic E-state index is -1.83. The van der Waals surface area contributed by atoms with Crippen LogP contribution in [0.2, 0.25) is 0 Å². The third kappa shape index (κ3) is 41.0. The van der Waals surface area contributed by atoms with Gasteiger partial charge in [0, 0.05) is 30.5 Å². The molecule has 1 saturated carbocycles. The Bertz CT molecular complexity index is 247. The molecule has 0 spiro atoms. The SMILES string of the molecule is CO[P+](=O)OC.CO[P+](=O)OC.CO[P+](=O)OC.[Ag+].[CH]1[CH][CH][CH][CH]1.[Co]. The molecule has 0 unspecified atom stereocenters. The summed E-state index contributed by atoms with van der Waals surface area (Å²) in [4.78, 5) is 0. The van der Waals surface area contributed by atoms with Gasteiger partial charge in [-0.1, -0.05) is 0 Å². The third-order valence-electron chi connectivity index (χ3n) is 1.45. The van der Waals surface area contributed by atoms with E-state index in [1.807, 2.05) is 32.1 Å². The van der Waals surface area contributed by atoms with Crippen molar-refractivity contribution in [3.63, 3.8) is 0 Å². The van der Waals surface area contributed by atoms with Crippen LogP contribution in [0.1, 0.15) is 0 Å². The molecule has 0 heterocycles. The van der Waals surface area contributed by atoms with Crippen LogP contribution in [0, 0.1) is 32.1 Å². The van der Waals surface area contributed by atoms with E-state index in [1.54, 1.807) is 0 Å². The maximum atomic E-state index is 9.88. The van der Waals surface area contributed by atoms with E-state index >= 15 is 0 Å². The van der Waals surface area contributed by atoms with Gasteiger partial charge in [-0.25, -0.2) is 0 Å². The molecule has 6 radical (unpaired) electrons. The molecule has 0 aromatic heterocycles. The van der Waals surface area contributed by atoms with Gasteiger partial charge in [0.05, 0.1) is 42.7 Å². The van der Waals surface area contributed by atoms with Crippen molar-refractivity contribution in [1.82, 2.24) is 0 Å². The summed E-state index contributed by atoms with van der Waals surface area (Å²) < 4.78 is 54.8. The van der Waals surface area contributed by atoms with Crippen molar-refractivity contribution in [3.05, 3.63) is 32.1 Å². The molecule has 1 rings (SSSR count). The van der Waals surface area contributed by atoms with Crippen LogP contribution in [-0.2, 0) is 80.0 Å². The number of hydrogen-bond acceptors (Lipinski definition) is 9. The van der Waals surface area contributed by atoms with Crippen molar-refractivity contribution in [3.8, 4) is 0 Å². The fourth-order valence-corrected chi connectivity index (χ4v) is 0.992. The van der Waals surface area contributed by atoms with Gasteiger partial charge >= 0.3 is 47.1 Å². The van der Waals surface area contributed by atoms with Gasteiger partial charge in [0.15, 0.2) is 0 Å². The zero-order valence-electron chi connectivity index (χ0n) is 14.5. The summed E-state index contributed by atoms with van der Waals surface area (Å²) in [6.45, 7) is 0. The molecule has 0 aliphatic heterocycles. The molecule has 0 amide bonds. The van der Waals surface area contributed by atoms with E-state index in [2.05, 4.69) is 27.1 Å². The predicted octanol–water partition coefficient (Wildman–Crippen LogP) is 3.83. The van der Waals surface area contributed by atoms with Crippen LogP contribution in [-0.4, -0.2) is 42.7 Å². The van der Waals surface area contributed by atoms with Crippen molar-refractivity contribution in [2.75, 3.05) is 42.7 Å². The Balaban J connectivity index is -0.0000000693. The Morgan fingerprint density at radius 1 is 0.480 bits per heavy atom. The fourth-order valence-electron chi connectivity index (χ4n) is 0.544. The van der Waals surface area contributed by atoms with Crippen LogP contribution >= 0.6 is 24.8 Å². The van der Waals surface area contributed by atoms with E-state index < -0.39 is 24.8 Å². The van der Waals surface area contributed by atoms with E-state index in [9.17, 15) is 13.7 Å². The van der Waals surface area contributed by atoms with E-state index in [4.69, 9.17) is 0 Å². The Kier molecular flexibility index (Phi) is 48.9. The van der Waals surface area contributed by atoms with Crippen LogP contribution in [0.15, 0.2) is 0 Å². The minimum absolute atomic E-state index is 0. The molecule has 0 aromatic carbocycles. The van der Waals surface area contributed by atoms with Crippen LogP contribution in [0.5, 0.6) is 0 Å². The zero-order valence-corrected chi connectivity index (χ0v) is 19.7. The summed E-state index contributed by atoms with van der Waals surface area (Å²) in [6, 6.07) is 0. The van der Waals surface area contributed by atoms with E-state index in [0.717, 1.165) is 0 Å². The Morgan fingerprint density at radius 2 is 0.600 bits per heavy atom. The summed E-state index contributed by atoms with van der Waals surface area (Å²) >= 11 is 0. The molecular formula is C11H23AgCoO9P3+4. The second kappa shape index (κ2) is 32.9. The monoisotopic (exact) mass is 558 g/mol. The first-order valence-corrected chi connectivity index (χ1v) is 9.05. The molecule has 0 bridgehead atoms. The largest absolute Gasteiger partial charge is 1.00 e. The first-order valence-electron chi connectivity index (χ1n) is 5.76. The molecule has 9 nitrogen and oxygen atoms in total. The molecule has 0 saturated heterocycles. The molecule has 1 aliphatic rings. The summed E-state index contributed by atoms with van der Waals surface area (Å²) in [5.74, 6) is 0. The van der Waals surface area contributed by atoms with E-state index in [-0.39, 0.29) is 39.2 Å². The van der Waals surface area contributed by atoms with Crippen molar-refractivity contribution < 1.29 is 80.0 Å². The molecule has 1 aliphatic carbocycles. The van der Waals surface area contributed by atoms with E-state index in [0.29, 0.717) is 0 Å². The van der Waals surface area contributed by atoms with Crippen LogP contribution < -0.4 is 0 Å². The zero-order chi connectivity index (χ0) is 18.5. The van der Waals surface area contributed by atoms with Gasteiger partial charge in [-0.3, -0.25) is 0 Å². The second-order valence-electron chi connectivity index (χ2n) is 2.73. The molecule has 25 heavy (non-hydrogen) atoms. The van der Waals surface area contributed by atoms with Crippen molar-refractivity contribution in [2.24, 2.45) is 0 Å². The molecule has 0 aromatic rings. The van der Waals surface area contributed by atoms with Gasteiger partial charge in [-0.05, 0) is 32.1 Å². The van der Waals surface area contributed by atoms with Crippen molar-refractivity contribution >= 4 is 24.8 Å². The maximum Gasteiger partial charge on any atom is 1.00 e. The van der Waals surface area contributed by atoms with Gasteiger partial charge in [0.25, 0.3) is 0 Å². The van der Waals surface area contributed by atoms with E-state index in [1.165, 1.54) is 42.7 Å². The smallest absolute Gasteiger partial charge is 0.122 e. The minimum Gasteiger partial charge on any atom is -0.122 e. The quantitative estimate of drug-likeness (QED) is 0.355. The fraction of sp³-hybridized carbons (Fsp3) is 0.545. The molecule has 14 heteroatoms. The molecule has 0 N–H and O–H groups in total. The third-order valence-corrected chi connectivity index (χ3v) is 3.24. The summed E-state index contributed by atoms with van der Waals surface area (Å²) in [6.07, 6.45) is 10.0. The summed E-state index contributed by atoms with van der Waals surface area (Å²) in [7, 11) is 2.45. The molecule has 152 valence electrons. The predicted molar refractivity (Wildman–Crippen MR) is 86.4 cm³/mol. The molecule has 1 fully saturated rings. The van der Waals surface area contributed by atoms with Crippen LogP contribution in [0.25, 0.3) is 0 Å². The Morgan fingerprint density at radius 3 is 0.640 bits per heavy atom. The van der Waals surface area contributed by atoms with Crippen LogP contribution in [0.3, 0.4) is 0 Å². The molecular weight excluding hydrogens is 536 g/mol. The van der Waals surface area contributed by atoms with Gasteiger partial charge in [-0.2, -0.15) is 0 Å². The Labute approximate surface area is 179 Å². The summed E-state index contributed by atoms with van der Waals surface area (Å²) in [5.41, 5.74) is 0. The van der Waals surface area contributed by atoms with Gasteiger partial charge < -0.3 is 0 Å². The normalized spacial score (nSPS) is 10.8. The standard InChI is InChI=1S/C5H5.3C2H6O3P.Ag.Co/c1-2-4-5-3-1;3*1-4-6(3)5-2;;/h1-5H;3*1-2H3;;/q;4*+1;. The first-order chi connectivity index (χ1) is 10.9. The second-order valence-corrected chi connectivity index (χ2v) is 6.26. The maximum absolute atomic E-state index is 9.88.